The van der Waals surface area contributed by atoms with Gasteiger partial charge in [0.25, 0.3) is 0 Å². The van der Waals surface area contributed by atoms with Gasteiger partial charge in [-0.3, -0.25) is 4.79 Å². The van der Waals surface area contributed by atoms with Crippen molar-refractivity contribution in [3.63, 3.8) is 0 Å². The van der Waals surface area contributed by atoms with Gasteiger partial charge in [0.15, 0.2) is 0 Å². The van der Waals surface area contributed by atoms with Crippen LogP contribution in [0.15, 0.2) is 16.6 Å². The average Bonchev–Trinajstić information content (AvgIpc) is 2.33. The molecule has 0 aliphatic rings. The standard InChI is InChI=1S/C12H15BrFNO3S/c1-3-18-11(16)6-10(15-19-17)9-5-8(13)4-7(2)12(9)14/h4-5,10,19H,3,6H2,1-2H3,(H,15,17)/t10-/m0/s1. The number of nitrogens with one attached hydrogen (secondary N) is 1. The van der Waals surface area contributed by atoms with Crippen molar-refractivity contribution in [2.45, 2.75) is 26.3 Å². The number of aryl methyl sites for hydroxylation is 1. The third-order valence-corrected chi connectivity index (χ3v) is 3.38. The highest BCUT2D eigenvalue weighted by Gasteiger charge is 2.21. The monoisotopic (exact) mass is 351 g/mol. The first-order chi connectivity index (χ1) is 8.99. The summed E-state index contributed by atoms with van der Waals surface area (Å²) in [5.74, 6) is -0.894. The van der Waals surface area contributed by atoms with E-state index >= 15 is 0 Å². The summed E-state index contributed by atoms with van der Waals surface area (Å²) in [4.78, 5) is 11.5. The number of halogens is 2. The van der Waals surface area contributed by atoms with E-state index in [1.54, 1.807) is 26.0 Å². The van der Waals surface area contributed by atoms with Crippen LogP contribution in [0.25, 0.3) is 0 Å². The molecule has 106 valence electrons. The van der Waals surface area contributed by atoms with Crippen molar-refractivity contribution in [3.8, 4) is 0 Å². The number of esters is 1. The van der Waals surface area contributed by atoms with Crippen LogP contribution in [0.5, 0.6) is 0 Å². The van der Waals surface area contributed by atoms with Crippen LogP contribution in [0.1, 0.15) is 30.5 Å². The molecular formula is C12H15BrFNO3S. The van der Waals surface area contributed by atoms with Gasteiger partial charge in [-0.25, -0.2) is 13.3 Å². The smallest absolute Gasteiger partial charge is 0.307 e. The Morgan fingerprint density at radius 2 is 2.26 bits per heavy atom. The largest absolute Gasteiger partial charge is 0.466 e. The van der Waals surface area contributed by atoms with Gasteiger partial charge in [-0.1, -0.05) is 15.9 Å². The second-order valence-corrected chi connectivity index (χ2v) is 5.26. The number of carbonyl (C=O) groups is 1. The van der Waals surface area contributed by atoms with Crippen molar-refractivity contribution in [2.75, 3.05) is 6.61 Å². The zero-order valence-corrected chi connectivity index (χ0v) is 13.1. The maximum absolute atomic E-state index is 14.1. The quantitative estimate of drug-likeness (QED) is 0.610. The fourth-order valence-corrected chi connectivity index (χ4v) is 2.63. The molecule has 0 radical (unpaired) electrons. The Morgan fingerprint density at radius 1 is 1.58 bits per heavy atom. The van der Waals surface area contributed by atoms with E-state index in [2.05, 4.69) is 20.7 Å². The number of ether oxygens (including phenoxy) is 1. The molecule has 0 heterocycles. The van der Waals surface area contributed by atoms with Gasteiger partial charge in [-0.15, -0.1) is 0 Å². The minimum atomic E-state index is -0.700. The van der Waals surface area contributed by atoms with Gasteiger partial charge in [0.2, 0.25) is 0 Å². The molecule has 1 aromatic rings. The Morgan fingerprint density at radius 3 is 2.84 bits per heavy atom. The minimum absolute atomic E-state index is 0.0874. The average molecular weight is 352 g/mol. The van der Waals surface area contributed by atoms with Gasteiger partial charge in [-0.2, -0.15) is 0 Å². The SMILES string of the molecule is CCOC(=O)C[C@H](N[SH]=O)c1cc(Br)cc(C)c1F. The van der Waals surface area contributed by atoms with Crippen molar-refractivity contribution in [3.05, 3.63) is 33.5 Å². The molecule has 0 saturated carbocycles. The first-order valence-corrected chi connectivity index (χ1v) is 7.29. The van der Waals surface area contributed by atoms with Gasteiger partial charge in [-0.05, 0) is 31.5 Å². The van der Waals surface area contributed by atoms with Crippen LogP contribution in [-0.4, -0.2) is 16.8 Å². The molecule has 0 amide bonds. The third-order valence-electron chi connectivity index (χ3n) is 2.51. The van der Waals surface area contributed by atoms with Crippen LogP contribution < -0.4 is 4.72 Å². The number of hydrogen-bond donors (Lipinski definition) is 2. The van der Waals surface area contributed by atoms with E-state index in [0.717, 1.165) is 0 Å². The van der Waals surface area contributed by atoms with E-state index in [4.69, 9.17) is 4.74 Å². The van der Waals surface area contributed by atoms with Crippen molar-refractivity contribution in [2.24, 2.45) is 0 Å². The molecule has 0 aliphatic heterocycles. The van der Waals surface area contributed by atoms with Crippen LogP contribution in [0.4, 0.5) is 4.39 Å². The number of thiol groups is 1. The van der Waals surface area contributed by atoms with Gasteiger partial charge < -0.3 is 4.74 Å². The predicted molar refractivity (Wildman–Crippen MR) is 75.5 cm³/mol. The lowest BCUT2D eigenvalue weighted by Crippen LogP contribution is -2.23. The first-order valence-electron chi connectivity index (χ1n) is 5.68. The third kappa shape index (κ3) is 4.67. The highest BCUT2D eigenvalue weighted by atomic mass is 79.9. The van der Waals surface area contributed by atoms with Gasteiger partial charge in [0.1, 0.15) is 5.82 Å². The predicted octanol–water partition coefficient (Wildman–Crippen LogP) is 2.34. The molecule has 19 heavy (non-hydrogen) atoms. The van der Waals surface area contributed by atoms with E-state index in [9.17, 15) is 13.4 Å². The summed E-state index contributed by atoms with van der Waals surface area (Å²) < 4.78 is 32.8. The zero-order valence-electron chi connectivity index (χ0n) is 10.6. The lowest BCUT2D eigenvalue weighted by Gasteiger charge is -2.17. The summed E-state index contributed by atoms with van der Waals surface area (Å²) in [7, 11) is 0. The molecular weight excluding hydrogens is 337 g/mol. The summed E-state index contributed by atoms with van der Waals surface area (Å²) >= 11 is 2.90. The Bertz CT molecular complexity index is 484. The normalized spacial score (nSPS) is 12.2. The van der Waals surface area contributed by atoms with Gasteiger partial charge >= 0.3 is 5.97 Å². The maximum atomic E-state index is 14.1. The van der Waals surface area contributed by atoms with Gasteiger partial charge in [0, 0.05) is 10.0 Å². The van der Waals surface area contributed by atoms with E-state index < -0.39 is 17.8 Å². The Hall–Kier alpha value is -0.790. The van der Waals surface area contributed by atoms with Gasteiger partial charge in [0.05, 0.1) is 30.9 Å². The van der Waals surface area contributed by atoms with E-state index in [1.807, 2.05) is 0 Å². The van der Waals surface area contributed by atoms with Crippen LogP contribution >= 0.6 is 15.9 Å². The highest BCUT2D eigenvalue weighted by Crippen LogP contribution is 2.27. The van der Waals surface area contributed by atoms with Crippen LogP contribution in [0.2, 0.25) is 0 Å². The molecule has 0 fully saturated rings. The molecule has 1 atom stereocenters. The second kappa shape index (κ2) is 7.72. The molecule has 1 N–H and O–H groups in total. The fraction of sp³-hybridized carbons (Fsp3) is 0.417. The molecule has 1 rings (SSSR count). The Balaban J connectivity index is 3.04. The van der Waals surface area contributed by atoms with Crippen molar-refractivity contribution in [1.29, 1.82) is 0 Å². The molecule has 0 saturated heterocycles. The van der Waals surface area contributed by atoms with E-state index in [0.29, 0.717) is 10.0 Å². The molecule has 0 spiro atoms. The lowest BCUT2D eigenvalue weighted by atomic mass is 10.0. The first kappa shape index (κ1) is 16.3. The van der Waals surface area contributed by atoms with Crippen molar-refractivity contribution in [1.82, 2.24) is 4.72 Å². The molecule has 1 aromatic carbocycles. The molecule has 0 aromatic heterocycles. The van der Waals surface area contributed by atoms with Crippen LogP contribution in [-0.2, 0) is 21.4 Å². The van der Waals surface area contributed by atoms with Crippen LogP contribution in [0.3, 0.4) is 0 Å². The van der Waals surface area contributed by atoms with Crippen LogP contribution in [0, 0.1) is 12.7 Å². The number of rotatable bonds is 6. The molecule has 4 nitrogen and oxygen atoms in total. The van der Waals surface area contributed by atoms with Crippen molar-refractivity contribution < 1.29 is 18.1 Å². The minimum Gasteiger partial charge on any atom is -0.466 e. The summed E-state index contributed by atoms with van der Waals surface area (Å²) in [6.07, 6.45) is -0.0874. The fourth-order valence-electron chi connectivity index (χ4n) is 1.68. The Kier molecular flexibility index (Phi) is 6.60. The lowest BCUT2D eigenvalue weighted by molar-refractivity contribution is -0.143. The van der Waals surface area contributed by atoms with E-state index in [-0.39, 0.29) is 30.4 Å². The topological polar surface area (TPSA) is 55.4 Å². The number of carbonyl (C=O) groups excluding carboxylic acids is 1. The molecule has 0 unspecified atom stereocenters. The summed E-state index contributed by atoms with van der Waals surface area (Å²) in [5, 5.41) is 0. The highest BCUT2D eigenvalue weighted by molar-refractivity contribution is 9.10. The number of hydrogen-bond acceptors (Lipinski definition) is 3. The summed E-state index contributed by atoms with van der Waals surface area (Å²) in [6.45, 7) is 3.57. The molecule has 0 bridgehead atoms. The molecule has 7 heteroatoms. The maximum Gasteiger partial charge on any atom is 0.307 e. The zero-order chi connectivity index (χ0) is 14.4. The second-order valence-electron chi connectivity index (χ2n) is 3.91. The number of benzene rings is 1. The van der Waals surface area contributed by atoms with Crippen molar-refractivity contribution >= 4 is 33.8 Å². The summed E-state index contributed by atoms with van der Waals surface area (Å²) in [6, 6.07) is 2.49. The Labute approximate surface area is 123 Å². The van der Waals surface area contributed by atoms with E-state index in [1.165, 1.54) is 0 Å². The molecule has 0 aliphatic carbocycles. The summed E-state index contributed by atoms with van der Waals surface area (Å²) in [5.41, 5.74) is 0.728.